The fourth-order valence-electron chi connectivity index (χ4n) is 2.78. The smallest absolute Gasteiger partial charge is 0.414 e. The minimum atomic E-state index is -2.97. The van der Waals surface area contributed by atoms with Crippen molar-refractivity contribution in [3.8, 4) is 0 Å². The van der Waals surface area contributed by atoms with Crippen LogP contribution in [-0.2, 0) is 9.53 Å². The Morgan fingerprint density at radius 1 is 1.32 bits per heavy atom. The Labute approximate surface area is 140 Å². The molecule has 0 bridgehead atoms. The molecule has 2 amide bonds. The van der Waals surface area contributed by atoms with E-state index in [0.29, 0.717) is 0 Å². The second kappa shape index (κ2) is 6.08. The summed E-state index contributed by atoms with van der Waals surface area (Å²) in [4.78, 5) is 24.7. The van der Waals surface area contributed by atoms with E-state index in [9.17, 15) is 27.2 Å². The maximum absolute atomic E-state index is 14.2. The van der Waals surface area contributed by atoms with Crippen LogP contribution in [0.4, 0.5) is 33.7 Å². The monoisotopic (exact) mass is 361 g/mol. The van der Waals surface area contributed by atoms with Gasteiger partial charge in [0.25, 0.3) is 5.92 Å². The zero-order chi connectivity index (χ0) is 18.4. The number of halogens is 4. The van der Waals surface area contributed by atoms with Gasteiger partial charge in [0.05, 0.1) is 31.9 Å². The van der Waals surface area contributed by atoms with Gasteiger partial charge in [-0.05, 0) is 0 Å². The van der Waals surface area contributed by atoms with Gasteiger partial charge in [-0.1, -0.05) is 0 Å². The predicted molar refractivity (Wildman–Crippen MR) is 79.8 cm³/mol. The number of amides is 2. The Kier molecular flexibility index (Phi) is 4.21. The molecule has 2 heterocycles. The maximum atomic E-state index is 14.2. The average Bonchev–Trinajstić information content (AvgIpc) is 2.83. The lowest BCUT2D eigenvalue weighted by atomic mass is 10.1. The number of ether oxygens (including phenoxy) is 1. The summed E-state index contributed by atoms with van der Waals surface area (Å²) in [5, 5.41) is 2.48. The van der Waals surface area contributed by atoms with Gasteiger partial charge in [0.2, 0.25) is 5.91 Å². The van der Waals surface area contributed by atoms with Gasteiger partial charge in [-0.3, -0.25) is 9.69 Å². The van der Waals surface area contributed by atoms with Crippen molar-refractivity contribution in [2.75, 3.05) is 36.0 Å². The lowest BCUT2D eigenvalue weighted by Gasteiger charge is -2.40. The van der Waals surface area contributed by atoms with Crippen LogP contribution in [0.5, 0.6) is 0 Å². The number of anilines is 2. The summed E-state index contributed by atoms with van der Waals surface area (Å²) in [5.74, 6) is -5.35. The van der Waals surface area contributed by atoms with Gasteiger partial charge < -0.3 is 15.0 Å². The number of benzene rings is 1. The van der Waals surface area contributed by atoms with Crippen LogP contribution in [0.3, 0.4) is 0 Å². The highest BCUT2D eigenvalue weighted by Crippen LogP contribution is 2.37. The summed E-state index contributed by atoms with van der Waals surface area (Å²) in [7, 11) is 0. The summed E-state index contributed by atoms with van der Waals surface area (Å²) in [6.45, 7) is -0.143. The third-order valence-corrected chi connectivity index (χ3v) is 3.93. The largest absolute Gasteiger partial charge is 0.442 e. The highest BCUT2D eigenvalue weighted by atomic mass is 19.3. The Bertz CT molecular complexity index is 697. The zero-order valence-corrected chi connectivity index (χ0v) is 13.2. The first-order valence-corrected chi connectivity index (χ1v) is 7.51. The second-order valence-electron chi connectivity index (χ2n) is 6.02. The highest BCUT2D eigenvalue weighted by Gasteiger charge is 2.46. The van der Waals surface area contributed by atoms with E-state index in [1.54, 1.807) is 0 Å². The molecule has 25 heavy (non-hydrogen) atoms. The van der Waals surface area contributed by atoms with E-state index in [4.69, 9.17) is 4.74 Å². The van der Waals surface area contributed by atoms with E-state index in [0.717, 1.165) is 21.9 Å². The molecule has 1 atom stereocenters. The molecular weight excluding hydrogens is 346 g/mol. The number of nitrogens with one attached hydrogen (secondary N) is 1. The average molecular weight is 361 g/mol. The van der Waals surface area contributed by atoms with Crippen LogP contribution in [0.2, 0.25) is 0 Å². The van der Waals surface area contributed by atoms with E-state index >= 15 is 0 Å². The van der Waals surface area contributed by atoms with Crippen LogP contribution < -0.4 is 15.1 Å². The van der Waals surface area contributed by atoms with Crippen molar-refractivity contribution >= 4 is 23.4 Å². The van der Waals surface area contributed by atoms with Gasteiger partial charge >= 0.3 is 6.09 Å². The predicted octanol–water partition coefficient (Wildman–Crippen LogP) is 1.88. The SMILES string of the molecule is CC(=O)NC[C@H]1CN(c2cc(F)c(N3CC(F)(F)C3)c(F)c2)C(=O)O1. The van der Waals surface area contributed by atoms with Gasteiger partial charge in [-0.15, -0.1) is 0 Å². The number of rotatable bonds is 4. The van der Waals surface area contributed by atoms with E-state index in [2.05, 4.69) is 5.32 Å². The zero-order valence-electron chi connectivity index (χ0n) is 13.2. The van der Waals surface area contributed by atoms with E-state index in [1.807, 2.05) is 0 Å². The molecule has 0 unspecified atom stereocenters. The molecule has 2 aliphatic heterocycles. The molecule has 2 fully saturated rings. The molecule has 0 aliphatic carbocycles. The first-order chi connectivity index (χ1) is 11.7. The number of hydrogen-bond acceptors (Lipinski definition) is 4. The maximum Gasteiger partial charge on any atom is 0.414 e. The van der Waals surface area contributed by atoms with Crippen molar-refractivity contribution < 1.29 is 31.9 Å². The third kappa shape index (κ3) is 3.47. The van der Waals surface area contributed by atoms with E-state index < -0.39 is 48.5 Å². The van der Waals surface area contributed by atoms with E-state index in [-0.39, 0.29) is 24.7 Å². The first kappa shape index (κ1) is 17.3. The second-order valence-corrected chi connectivity index (χ2v) is 6.02. The molecule has 136 valence electrons. The number of carbonyl (C=O) groups is 2. The summed E-state index contributed by atoms with van der Waals surface area (Å²) in [6, 6.07) is 1.80. The van der Waals surface area contributed by atoms with E-state index in [1.165, 1.54) is 6.92 Å². The van der Waals surface area contributed by atoms with Crippen molar-refractivity contribution in [3.05, 3.63) is 23.8 Å². The minimum absolute atomic E-state index is 0.000868. The molecular formula is C15H15F4N3O3. The molecule has 1 N–H and O–H groups in total. The van der Waals surface area contributed by atoms with Crippen LogP contribution in [0.15, 0.2) is 12.1 Å². The number of hydrogen-bond donors (Lipinski definition) is 1. The Morgan fingerprint density at radius 3 is 2.44 bits per heavy atom. The van der Waals surface area contributed by atoms with Crippen LogP contribution in [0, 0.1) is 11.6 Å². The minimum Gasteiger partial charge on any atom is -0.442 e. The molecule has 6 nitrogen and oxygen atoms in total. The summed E-state index contributed by atoms with van der Waals surface area (Å²) in [6.07, 6.45) is -1.46. The molecule has 2 aliphatic rings. The third-order valence-electron chi connectivity index (χ3n) is 3.93. The molecule has 10 heteroatoms. The van der Waals surface area contributed by atoms with Crippen molar-refractivity contribution in [3.63, 3.8) is 0 Å². The molecule has 2 saturated heterocycles. The van der Waals surface area contributed by atoms with Gasteiger partial charge in [0.15, 0.2) is 11.6 Å². The topological polar surface area (TPSA) is 61.9 Å². The summed E-state index contributed by atoms with van der Waals surface area (Å²) in [5.41, 5.74) is -0.626. The molecule has 1 aromatic carbocycles. The molecule has 0 aromatic heterocycles. The van der Waals surface area contributed by atoms with Gasteiger partial charge in [-0.25, -0.2) is 22.4 Å². The number of cyclic esters (lactones) is 1. The Balaban J connectivity index is 1.75. The lowest BCUT2D eigenvalue weighted by molar-refractivity contribution is -0.119. The molecule has 1 aromatic rings. The molecule has 0 saturated carbocycles. The summed E-state index contributed by atoms with van der Waals surface area (Å²) < 4.78 is 59.2. The molecule has 0 radical (unpaired) electrons. The van der Waals surface area contributed by atoms with Crippen molar-refractivity contribution in [1.82, 2.24) is 5.32 Å². The number of carbonyl (C=O) groups excluding carboxylic acids is 2. The highest BCUT2D eigenvalue weighted by molar-refractivity contribution is 5.90. The fourth-order valence-corrected chi connectivity index (χ4v) is 2.78. The quantitative estimate of drug-likeness (QED) is 0.832. The Hall–Kier alpha value is -2.52. The van der Waals surface area contributed by atoms with Crippen molar-refractivity contribution in [2.45, 2.75) is 19.0 Å². The van der Waals surface area contributed by atoms with Gasteiger partial charge in [0, 0.05) is 19.1 Å². The van der Waals surface area contributed by atoms with Crippen molar-refractivity contribution in [2.24, 2.45) is 0 Å². The van der Waals surface area contributed by atoms with Crippen LogP contribution in [-0.4, -0.2) is 50.2 Å². The number of nitrogens with zero attached hydrogens (tertiary/aromatic N) is 2. The van der Waals surface area contributed by atoms with Gasteiger partial charge in [-0.2, -0.15) is 0 Å². The lowest BCUT2D eigenvalue weighted by Crippen LogP contribution is -2.57. The Morgan fingerprint density at radius 2 is 1.92 bits per heavy atom. The normalized spacial score (nSPS) is 21.8. The van der Waals surface area contributed by atoms with Crippen LogP contribution in [0.25, 0.3) is 0 Å². The van der Waals surface area contributed by atoms with Crippen LogP contribution >= 0.6 is 0 Å². The first-order valence-electron chi connectivity index (χ1n) is 7.51. The summed E-state index contributed by atoms with van der Waals surface area (Å²) >= 11 is 0. The number of alkyl halides is 2. The van der Waals surface area contributed by atoms with Crippen molar-refractivity contribution in [1.29, 1.82) is 0 Å². The molecule has 0 spiro atoms. The molecule has 3 rings (SSSR count). The van der Waals surface area contributed by atoms with Gasteiger partial charge in [0.1, 0.15) is 11.8 Å². The van der Waals surface area contributed by atoms with Crippen LogP contribution in [0.1, 0.15) is 6.92 Å². The standard InChI is InChI=1S/C15H15F4N3O3/c1-8(23)20-4-10-5-22(14(24)25-10)9-2-11(16)13(12(17)3-9)21-6-15(18,19)7-21/h2-3,10H,4-7H2,1H3,(H,20,23)/t10-/m0/s1. The fraction of sp³-hybridized carbons (Fsp3) is 0.467.